The Bertz CT molecular complexity index is 576. The van der Waals surface area contributed by atoms with Gasteiger partial charge in [0.15, 0.2) is 5.41 Å². The molecule has 0 bridgehead atoms. The molecule has 0 saturated carbocycles. The van der Waals surface area contributed by atoms with Crippen molar-refractivity contribution >= 4 is 11.9 Å². The molecule has 0 spiro atoms. The van der Waals surface area contributed by atoms with Crippen molar-refractivity contribution in [3.8, 4) is 11.8 Å². The molecule has 116 valence electrons. The zero-order valence-electron chi connectivity index (χ0n) is 12.6. The van der Waals surface area contributed by atoms with Gasteiger partial charge in [0.25, 0.3) is 0 Å². The molecular weight excluding hydrogens is 284 g/mol. The van der Waals surface area contributed by atoms with Crippen LogP contribution in [0.5, 0.6) is 0 Å². The lowest BCUT2D eigenvalue weighted by Crippen LogP contribution is -2.42. The van der Waals surface area contributed by atoms with Gasteiger partial charge < -0.3 is 14.2 Å². The van der Waals surface area contributed by atoms with E-state index in [2.05, 4.69) is 11.8 Å². The van der Waals surface area contributed by atoms with Crippen molar-refractivity contribution in [3.63, 3.8) is 0 Å². The van der Waals surface area contributed by atoms with Crippen LogP contribution in [0.4, 0.5) is 0 Å². The zero-order valence-corrected chi connectivity index (χ0v) is 12.6. The number of carbonyl (C=O) groups excluding carboxylic acids is 2. The molecule has 0 N–H and O–H groups in total. The first kappa shape index (κ1) is 16.1. The molecular formula is C17H18O5. The summed E-state index contributed by atoms with van der Waals surface area (Å²) < 4.78 is 14.8. The van der Waals surface area contributed by atoms with E-state index >= 15 is 0 Å². The van der Waals surface area contributed by atoms with Gasteiger partial charge in [0, 0.05) is 18.4 Å². The maximum Gasteiger partial charge on any atom is 0.324 e. The van der Waals surface area contributed by atoms with Crippen LogP contribution in [0, 0.1) is 17.3 Å². The first-order valence-electron chi connectivity index (χ1n) is 6.95. The third-order valence-corrected chi connectivity index (χ3v) is 3.53. The van der Waals surface area contributed by atoms with Gasteiger partial charge in [-0.05, 0) is 12.1 Å². The molecule has 2 rings (SSSR count). The highest BCUT2D eigenvalue weighted by molar-refractivity contribution is 6.00. The minimum Gasteiger partial charge on any atom is -0.468 e. The summed E-state index contributed by atoms with van der Waals surface area (Å²) in [7, 11) is 2.50. The highest BCUT2D eigenvalue weighted by Crippen LogP contribution is 2.35. The molecule has 1 saturated heterocycles. The second-order valence-corrected chi connectivity index (χ2v) is 5.07. The number of hydrogen-bond acceptors (Lipinski definition) is 5. The fourth-order valence-electron chi connectivity index (χ4n) is 2.25. The third kappa shape index (κ3) is 3.66. The highest BCUT2D eigenvalue weighted by Gasteiger charge is 2.51. The van der Waals surface area contributed by atoms with Crippen LogP contribution in [-0.4, -0.2) is 38.9 Å². The van der Waals surface area contributed by atoms with Gasteiger partial charge in [-0.25, -0.2) is 0 Å². The molecule has 0 unspecified atom stereocenters. The molecule has 1 heterocycles. The van der Waals surface area contributed by atoms with E-state index in [1.807, 2.05) is 30.3 Å². The molecule has 0 aromatic heterocycles. The Kier molecular flexibility index (Phi) is 5.18. The van der Waals surface area contributed by atoms with Crippen LogP contribution >= 0.6 is 0 Å². The monoisotopic (exact) mass is 302 g/mol. The molecule has 0 aliphatic carbocycles. The summed E-state index contributed by atoms with van der Waals surface area (Å²) >= 11 is 0. The van der Waals surface area contributed by atoms with Gasteiger partial charge in [0.2, 0.25) is 0 Å². The molecule has 1 atom stereocenters. The first-order chi connectivity index (χ1) is 10.6. The summed E-state index contributed by atoms with van der Waals surface area (Å²) in [5, 5.41) is 0. The Hall–Kier alpha value is -2.32. The predicted octanol–water partition coefficient (Wildman–Crippen LogP) is 1.55. The molecule has 1 fully saturated rings. The third-order valence-electron chi connectivity index (χ3n) is 3.53. The van der Waals surface area contributed by atoms with Crippen molar-refractivity contribution in [3.05, 3.63) is 35.9 Å². The number of methoxy groups -OCH3 is 2. The van der Waals surface area contributed by atoms with Crippen LogP contribution in [0.25, 0.3) is 0 Å². The average molecular weight is 302 g/mol. The molecule has 1 aliphatic heterocycles. The van der Waals surface area contributed by atoms with E-state index < -0.39 is 17.4 Å². The van der Waals surface area contributed by atoms with Crippen LogP contribution in [-0.2, 0) is 23.8 Å². The smallest absolute Gasteiger partial charge is 0.324 e. The van der Waals surface area contributed by atoms with Crippen molar-refractivity contribution in [2.75, 3.05) is 20.8 Å². The molecule has 1 aromatic carbocycles. The van der Waals surface area contributed by atoms with E-state index in [1.54, 1.807) is 0 Å². The van der Waals surface area contributed by atoms with E-state index in [0.29, 0.717) is 6.61 Å². The van der Waals surface area contributed by atoms with Gasteiger partial charge in [0.05, 0.1) is 26.9 Å². The van der Waals surface area contributed by atoms with Crippen molar-refractivity contribution in [1.82, 2.24) is 0 Å². The minimum atomic E-state index is -1.44. The van der Waals surface area contributed by atoms with Gasteiger partial charge in [-0.3, -0.25) is 9.59 Å². The summed E-state index contributed by atoms with van der Waals surface area (Å²) in [5.74, 6) is 4.56. The molecule has 5 heteroatoms. The van der Waals surface area contributed by atoms with E-state index in [1.165, 1.54) is 14.2 Å². The molecule has 22 heavy (non-hydrogen) atoms. The Morgan fingerprint density at radius 3 is 2.32 bits per heavy atom. The van der Waals surface area contributed by atoms with Crippen molar-refractivity contribution in [1.29, 1.82) is 0 Å². The molecule has 0 radical (unpaired) electrons. The number of epoxide rings is 1. The zero-order chi connectivity index (χ0) is 16.0. The van der Waals surface area contributed by atoms with E-state index in [9.17, 15) is 9.59 Å². The number of hydrogen-bond donors (Lipinski definition) is 0. The number of benzene rings is 1. The van der Waals surface area contributed by atoms with Gasteiger partial charge in [0.1, 0.15) is 0 Å². The lowest BCUT2D eigenvalue weighted by Gasteiger charge is -2.25. The van der Waals surface area contributed by atoms with E-state index in [4.69, 9.17) is 14.2 Å². The Labute approximate surface area is 129 Å². The summed E-state index contributed by atoms with van der Waals surface area (Å²) in [4.78, 5) is 24.4. The Balaban J connectivity index is 2.24. The van der Waals surface area contributed by atoms with E-state index in [-0.39, 0.29) is 18.9 Å². The van der Waals surface area contributed by atoms with Gasteiger partial charge in [-0.2, -0.15) is 0 Å². The van der Waals surface area contributed by atoms with Crippen LogP contribution < -0.4 is 0 Å². The fraction of sp³-hybridized carbons (Fsp3) is 0.412. The summed E-state index contributed by atoms with van der Waals surface area (Å²) in [6.07, 6.45) is 0.119. The standard InChI is InChI=1S/C17H18O5/c1-20-15(18)17(16(19)21-2,11-14-12-22-14)10-6-9-13-7-4-3-5-8-13/h3-5,7-8,14H,10-12H2,1-2H3/t14-/m1/s1. The summed E-state index contributed by atoms with van der Waals surface area (Å²) in [6, 6.07) is 9.35. The predicted molar refractivity (Wildman–Crippen MR) is 78.8 cm³/mol. The maximum atomic E-state index is 12.2. The van der Waals surface area contributed by atoms with E-state index in [0.717, 1.165) is 5.56 Å². The average Bonchev–Trinajstić information content (AvgIpc) is 3.37. The Morgan fingerprint density at radius 1 is 1.23 bits per heavy atom. The summed E-state index contributed by atoms with van der Waals surface area (Å²) in [6.45, 7) is 0.530. The summed E-state index contributed by atoms with van der Waals surface area (Å²) in [5.41, 5.74) is -0.624. The lowest BCUT2D eigenvalue weighted by atomic mass is 9.80. The van der Waals surface area contributed by atoms with Gasteiger partial charge in [-0.1, -0.05) is 30.0 Å². The minimum absolute atomic E-state index is 0.0289. The van der Waals surface area contributed by atoms with Crippen molar-refractivity contribution in [2.45, 2.75) is 18.9 Å². The van der Waals surface area contributed by atoms with Crippen LogP contribution in [0.1, 0.15) is 18.4 Å². The number of esters is 2. The largest absolute Gasteiger partial charge is 0.468 e. The second kappa shape index (κ2) is 7.10. The topological polar surface area (TPSA) is 65.1 Å². The van der Waals surface area contributed by atoms with Gasteiger partial charge in [-0.15, -0.1) is 0 Å². The quantitative estimate of drug-likeness (QED) is 0.357. The Morgan fingerprint density at radius 2 is 1.82 bits per heavy atom. The first-order valence-corrected chi connectivity index (χ1v) is 6.95. The molecule has 1 aliphatic rings. The molecule has 5 nitrogen and oxygen atoms in total. The fourth-order valence-corrected chi connectivity index (χ4v) is 2.25. The van der Waals surface area contributed by atoms with Crippen molar-refractivity contribution in [2.24, 2.45) is 5.41 Å². The van der Waals surface area contributed by atoms with Crippen LogP contribution in [0.15, 0.2) is 30.3 Å². The SMILES string of the molecule is COC(=O)C(CC#Cc1ccccc1)(C[C@@H]1CO1)C(=O)OC. The molecule has 1 aromatic rings. The number of carbonyl (C=O) groups is 2. The van der Waals surface area contributed by atoms with Gasteiger partial charge >= 0.3 is 11.9 Å². The lowest BCUT2D eigenvalue weighted by molar-refractivity contribution is -0.169. The number of rotatable bonds is 5. The maximum absolute atomic E-state index is 12.2. The highest BCUT2D eigenvalue weighted by atomic mass is 16.6. The molecule has 0 amide bonds. The normalized spacial score (nSPS) is 16.2. The second-order valence-electron chi connectivity index (χ2n) is 5.07. The number of ether oxygens (including phenoxy) is 3. The van der Waals surface area contributed by atoms with Crippen molar-refractivity contribution < 1.29 is 23.8 Å². The van der Waals surface area contributed by atoms with Crippen LogP contribution in [0.2, 0.25) is 0 Å². The van der Waals surface area contributed by atoms with Crippen LogP contribution in [0.3, 0.4) is 0 Å².